The van der Waals surface area contributed by atoms with Gasteiger partial charge in [0.2, 0.25) is 0 Å². The number of hydrogen-bond acceptors (Lipinski definition) is 3. The molecule has 1 heterocycles. The summed E-state index contributed by atoms with van der Waals surface area (Å²) in [6.07, 6.45) is 2.50. The second-order valence-corrected chi connectivity index (χ2v) is 4.17. The number of benzene rings is 1. The van der Waals surface area contributed by atoms with Gasteiger partial charge in [-0.15, -0.1) is 0 Å². The monoisotopic (exact) mass is 221 g/mol. The van der Waals surface area contributed by atoms with Crippen LogP contribution in [0.25, 0.3) is 0 Å². The normalized spacial score (nSPS) is 25.4. The molecule has 2 atom stereocenters. The highest BCUT2D eigenvalue weighted by Crippen LogP contribution is 2.26. The molecule has 0 aliphatic carbocycles. The molecular weight excluding hydrogens is 202 g/mol. The quantitative estimate of drug-likeness (QED) is 0.848. The molecule has 1 aromatic carbocycles. The minimum atomic E-state index is 0.373. The number of nitrogens with one attached hydrogen (secondary N) is 1. The maximum absolute atomic E-state index is 5.43. The molecule has 2 rings (SSSR count). The molecule has 1 fully saturated rings. The molecule has 2 unspecified atom stereocenters. The van der Waals surface area contributed by atoms with Crippen molar-refractivity contribution in [2.45, 2.75) is 25.0 Å². The molecule has 1 saturated heterocycles. The van der Waals surface area contributed by atoms with Crippen LogP contribution in [0.4, 0.5) is 0 Å². The third-order valence-corrected chi connectivity index (χ3v) is 3.19. The molecule has 1 aliphatic heterocycles. The van der Waals surface area contributed by atoms with Crippen molar-refractivity contribution >= 4 is 0 Å². The Kier molecular flexibility index (Phi) is 3.80. The van der Waals surface area contributed by atoms with E-state index in [0.717, 1.165) is 25.1 Å². The molecule has 0 bridgehead atoms. The van der Waals surface area contributed by atoms with E-state index in [4.69, 9.17) is 9.47 Å². The van der Waals surface area contributed by atoms with E-state index in [-0.39, 0.29) is 0 Å². The van der Waals surface area contributed by atoms with Gasteiger partial charge in [-0.3, -0.25) is 0 Å². The van der Waals surface area contributed by atoms with E-state index in [1.807, 2.05) is 12.1 Å². The first kappa shape index (κ1) is 11.4. The number of piperidine rings is 1. The molecule has 16 heavy (non-hydrogen) atoms. The molecule has 0 saturated carbocycles. The molecule has 1 aromatic rings. The van der Waals surface area contributed by atoms with Gasteiger partial charge in [0.1, 0.15) is 5.75 Å². The van der Waals surface area contributed by atoms with Gasteiger partial charge < -0.3 is 14.8 Å². The minimum Gasteiger partial charge on any atom is -0.497 e. The Labute approximate surface area is 96.8 Å². The van der Waals surface area contributed by atoms with Crippen molar-refractivity contribution in [2.75, 3.05) is 20.8 Å². The van der Waals surface area contributed by atoms with Gasteiger partial charge in [-0.1, -0.05) is 12.1 Å². The maximum atomic E-state index is 5.43. The zero-order valence-electron chi connectivity index (χ0n) is 9.90. The maximum Gasteiger partial charge on any atom is 0.119 e. The Morgan fingerprint density at radius 1 is 1.31 bits per heavy atom. The van der Waals surface area contributed by atoms with Crippen LogP contribution in [0, 0.1) is 0 Å². The summed E-state index contributed by atoms with van der Waals surface area (Å²) in [6, 6.07) is 8.62. The summed E-state index contributed by atoms with van der Waals surface area (Å²) in [5, 5.41) is 3.52. The van der Waals surface area contributed by atoms with Crippen LogP contribution < -0.4 is 10.1 Å². The number of rotatable bonds is 3. The van der Waals surface area contributed by atoms with Crippen LogP contribution >= 0.6 is 0 Å². The SMILES string of the molecule is COc1cccc(C2CC(OC)CCN2)c1. The van der Waals surface area contributed by atoms with E-state index in [0.29, 0.717) is 12.1 Å². The van der Waals surface area contributed by atoms with Gasteiger partial charge in [0.15, 0.2) is 0 Å². The van der Waals surface area contributed by atoms with Gasteiger partial charge in [-0.25, -0.2) is 0 Å². The van der Waals surface area contributed by atoms with Crippen LogP contribution in [0.3, 0.4) is 0 Å². The largest absolute Gasteiger partial charge is 0.497 e. The van der Waals surface area contributed by atoms with E-state index in [1.54, 1.807) is 14.2 Å². The smallest absolute Gasteiger partial charge is 0.119 e. The molecule has 0 aromatic heterocycles. The summed E-state index contributed by atoms with van der Waals surface area (Å²) < 4.78 is 10.7. The van der Waals surface area contributed by atoms with Crippen molar-refractivity contribution in [3.05, 3.63) is 29.8 Å². The van der Waals surface area contributed by atoms with Gasteiger partial charge in [-0.2, -0.15) is 0 Å². The third-order valence-electron chi connectivity index (χ3n) is 3.19. The number of methoxy groups -OCH3 is 2. The Bertz CT molecular complexity index is 340. The van der Waals surface area contributed by atoms with E-state index in [1.165, 1.54) is 5.56 Å². The van der Waals surface area contributed by atoms with Crippen molar-refractivity contribution in [3.63, 3.8) is 0 Å². The molecule has 3 nitrogen and oxygen atoms in total. The zero-order chi connectivity index (χ0) is 11.4. The van der Waals surface area contributed by atoms with E-state index < -0.39 is 0 Å². The zero-order valence-corrected chi connectivity index (χ0v) is 9.90. The van der Waals surface area contributed by atoms with Crippen LogP contribution in [0.15, 0.2) is 24.3 Å². The van der Waals surface area contributed by atoms with Gasteiger partial charge in [0.05, 0.1) is 13.2 Å². The molecule has 0 spiro atoms. The lowest BCUT2D eigenvalue weighted by Gasteiger charge is -2.29. The Balaban J connectivity index is 2.10. The van der Waals surface area contributed by atoms with Crippen LogP contribution in [-0.4, -0.2) is 26.9 Å². The van der Waals surface area contributed by atoms with E-state index in [9.17, 15) is 0 Å². The fourth-order valence-electron chi connectivity index (χ4n) is 2.21. The van der Waals surface area contributed by atoms with Crippen molar-refractivity contribution in [1.82, 2.24) is 5.32 Å². The third kappa shape index (κ3) is 2.54. The topological polar surface area (TPSA) is 30.5 Å². The lowest BCUT2D eigenvalue weighted by atomic mass is 9.95. The first-order valence-electron chi connectivity index (χ1n) is 5.73. The summed E-state index contributed by atoms with van der Waals surface area (Å²) >= 11 is 0. The van der Waals surface area contributed by atoms with Gasteiger partial charge in [0, 0.05) is 13.2 Å². The van der Waals surface area contributed by atoms with Crippen LogP contribution in [0.1, 0.15) is 24.4 Å². The molecule has 0 radical (unpaired) electrons. The highest BCUT2D eigenvalue weighted by atomic mass is 16.5. The standard InChI is InChI=1S/C13H19NO2/c1-15-11-5-3-4-10(8-11)13-9-12(16-2)6-7-14-13/h3-5,8,12-14H,6-7,9H2,1-2H3. The van der Waals surface area contributed by atoms with Gasteiger partial charge in [-0.05, 0) is 37.1 Å². The van der Waals surface area contributed by atoms with Crippen LogP contribution in [-0.2, 0) is 4.74 Å². The number of ether oxygens (including phenoxy) is 2. The predicted molar refractivity (Wildman–Crippen MR) is 63.8 cm³/mol. The lowest BCUT2D eigenvalue weighted by molar-refractivity contribution is 0.0619. The van der Waals surface area contributed by atoms with Crippen molar-refractivity contribution in [2.24, 2.45) is 0 Å². The minimum absolute atomic E-state index is 0.373. The predicted octanol–water partition coefficient (Wildman–Crippen LogP) is 2.13. The highest BCUT2D eigenvalue weighted by molar-refractivity contribution is 5.30. The van der Waals surface area contributed by atoms with Crippen molar-refractivity contribution < 1.29 is 9.47 Å². The molecule has 0 amide bonds. The Morgan fingerprint density at radius 2 is 2.19 bits per heavy atom. The Hall–Kier alpha value is -1.06. The summed E-state index contributed by atoms with van der Waals surface area (Å²) in [6.45, 7) is 1.01. The molecule has 88 valence electrons. The fraction of sp³-hybridized carbons (Fsp3) is 0.538. The van der Waals surface area contributed by atoms with Crippen LogP contribution in [0.5, 0.6) is 5.75 Å². The molecule has 1 aliphatic rings. The second kappa shape index (κ2) is 5.32. The first-order chi connectivity index (χ1) is 7.83. The molecular formula is C13H19NO2. The van der Waals surface area contributed by atoms with Gasteiger partial charge in [0.25, 0.3) is 0 Å². The summed E-state index contributed by atoms with van der Waals surface area (Å²) in [4.78, 5) is 0. The molecule has 1 N–H and O–H groups in total. The second-order valence-electron chi connectivity index (χ2n) is 4.17. The Morgan fingerprint density at radius 3 is 2.94 bits per heavy atom. The van der Waals surface area contributed by atoms with Crippen LogP contribution in [0.2, 0.25) is 0 Å². The summed E-state index contributed by atoms with van der Waals surface area (Å²) in [5.41, 5.74) is 1.28. The number of hydrogen-bond donors (Lipinski definition) is 1. The van der Waals surface area contributed by atoms with Crippen molar-refractivity contribution in [1.29, 1.82) is 0 Å². The average Bonchev–Trinajstić information content (AvgIpc) is 2.39. The van der Waals surface area contributed by atoms with E-state index >= 15 is 0 Å². The summed E-state index contributed by atoms with van der Waals surface area (Å²) in [5.74, 6) is 0.916. The first-order valence-corrected chi connectivity index (χ1v) is 5.73. The average molecular weight is 221 g/mol. The van der Waals surface area contributed by atoms with Crippen molar-refractivity contribution in [3.8, 4) is 5.75 Å². The highest BCUT2D eigenvalue weighted by Gasteiger charge is 2.22. The lowest BCUT2D eigenvalue weighted by Crippen LogP contribution is -2.35. The molecule has 3 heteroatoms. The van der Waals surface area contributed by atoms with E-state index in [2.05, 4.69) is 17.4 Å². The summed E-state index contributed by atoms with van der Waals surface area (Å²) in [7, 11) is 3.49. The fourth-order valence-corrected chi connectivity index (χ4v) is 2.21. The van der Waals surface area contributed by atoms with Gasteiger partial charge >= 0.3 is 0 Å².